The van der Waals surface area contributed by atoms with E-state index in [-0.39, 0.29) is 23.3 Å². The molecule has 1 aliphatic heterocycles. The lowest BCUT2D eigenvalue weighted by atomic mass is 9.75. The van der Waals surface area contributed by atoms with Gasteiger partial charge in [0.2, 0.25) is 11.0 Å². The van der Waals surface area contributed by atoms with Crippen LogP contribution in [-0.4, -0.2) is 34.8 Å². The lowest BCUT2D eigenvalue weighted by Gasteiger charge is -2.38. The molecule has 1 aliphatic carbocycles. The Morgan fingerprint density at radius 3 is 2.85 bits per heavy atom. The number of rotatable bonds is 7. The van der Waals surface area contributed by atoms with Gasteiger partial charge in [0.05, 0.1) is 36.1 Å². The zero-order chi connectivity index (χ0) is 28.4. The first kappa shape index (κ1) is 27.7. The van der Waals surface area contributed by atoms with Crippen LogP contribution in [-0.2, 0) is 9.59 Å². The van der Waals surface area contributed by atoms with Gasteiger partial charge in [-0.25, -0.2) is 0 Å². The number of carbonyl (C=O) groups excluding carboxylic acids is 2. The van der Waals surface area contributed by atoms with Gasteiger partial charge in [-0.2, -0.15) is 5.26 Å². The summed E-state index contributed by atoms with van der Waals surface area (Å²) < 4.78 is 5.82. The number of carbonyl (C=O) groups is 2. The molecule has 1 amide bonds. The molecule has 0 saturated carbocycles. The first-order chi connectivity index (χ1) is 19.3. The fourth-order valence-corrected chi connectivity index (χ4v) is 6.82. The van der Waals surface area contributed by atoms with E-state index in [1.165, 1.54) is 30.2 Å². The van der Waals surface area contributed by atoms with Gasteiger partial charge in [-0.3, -0.25) is 14.5 Å². The smallest absolute Gasteiger partial charge is 0.234 e. The molecule has 0 radical (unpaired) electrons. The molecule has 0 saturated heterocycles. The largest absolute Gasteiger partial charge is 0.495 e. The molecule has 3 aromatic rings. The van der Waals surface area contributed by atoms with E-state index < -0.39 is 5.92 Å². The maximum atomic E-state index is 13.3. The Morgan fingerprint density at radius 1 is 1.30 bits per heavy atom. The molecule has 1 aromatic heterocycles. The topological polar surface area (TPSA) is 134 Å². The van der Waals surface area contributed by atoms with Crippen molar-refractivity contribution in [2.24, 2.45) is 5.73 Å². The number of anilines is 2. The molecule has 40 heavy (non-hydrogen) atoms. The van der Waals surface area contributed by atoms with Gasteiger partial charge in [-0.15, -0.1) is 10.2 Å². The van der Waals surface area contributed by atoms with Gasteiger partial charge < -0.3 is 15.8 Å². The number of nitrogens with zero attached hydrogens (tertiary/aromatic N) is 4. The van der Waals surface area contributed by atoms with Crippen molar-refractivity contribution in [3.05, 3.63) is 81.3 Å². The fraction of sp³-hybridized carbons (Fsp3) is 0.250. The van der Waals surface area contributed by atoms with Crippen LogP contribution in [0.3, 0.4) is 0 Å². The summed E-state index contributed by atoms with van der Waals surface area (Å²) in [5, 5.41) is 22.5. The van der Waals surface area contributed by atoms with Crippen molar-refractivity contribution in [2.45, 2.75) is 36.4 Å². The molecule has 3 N–H and O–H groups in total. The summed E-state index contributed by atoms with van der Waals surface area (Å²) in [6.07, 6.45) is 1.71. The quantitative estimate of drug-likeness (QED) is 0.339. The number of methoxy groups -OCH3 is 1. The lowest BCUT2D eigenvalue weighted by Crippen LogP contribution is -2.38. The van der Waals surface area contributed by atoms with Crippen LogP contribution >= 0.6 is 34.7 Å². The second-order valence-electron chi connectivity index (χ2n) is 9.20. The Bertz CT molecular complexity index is 1610. The minimum atomic E-state index is -0.529. The fourth-order valence-electron chi connectivity index (χ4n) is 4.97. The Kier molecular flexibility index (Phi) is 8.12. The average Bonchev–Trinajstić information content (AvgIpc) is 3.40. The average molecular weight is 593 g/mol. The van der Waals surface area contributed by atoms with Crippen molar-refractivity contribution in [3.63, 3.8) is 0 Å². The Labute approximate surface area is 244 Å². The highest BCUT2D eigenvalue weighted by atomic mass is 35.5. The first-order valence-corrected chi connectivity index (χ1v) is 14.6. The number of amides is 1. The van der Waals surface area contributed by atoms with Crippen molar-refractivity contribution in [1.82, 2.24) is 10.2 Å². The highest BCUT2D eigenvalue weighted by Crippen LogP contribution is 2.47. The highest BCUT2D eigenvalue weighted by Gasteiger charge is 2.41. The predicted octanol–water partition coefficient (Wildman–Crippen LogP) is 5.54. The first-order valence-electron chi connectivity index (χ1n) is 12.4. The van der Waals surface area contributed by atoms with Gasteiger partial charge in [-0.1, -0.05) is 59.0 Å². The highest BCUT2D eigenvalue weighted by molar-refractivity contribution is 8.01. The Balaban J connectivity index is 1.41. The van der Waals surface area contributed by atoms with Crippen LogP contribution in [0.1, 0.15) is 36.3 Å². The van der Waals surface area contributed by atoms with E-state index in [2.05, 4.69) is 21.6 Å². The third kappa shape index (κ3) is 5.30. The van der Waals surface area contributed by atoms with Crippen LogP contribution < -0.4 is 20.7 Å². The number of aryl methyl sites for hydroxylation is 1. The molecule has 12 heteroatoms. The Morgan fingerprint density at radius 2 is 2.10 bits per heavy atom. The number of thioether (sulfide) groups is 1. The van der Waals surface area contributed by atoms with Gasteiger partial charge in [-0.05, 0) is 49.1 Å². The molecule has 204 valence electrons. The third-order valence-electron chi connectivity index (χ3n) is 6.76. The standard InChI is InChI=1S/C28H25ClN6O3S2/c1-15-6-3-4-7-17(15)24-18(13-30)26(31)35(20-8-5-9-21(36)25(20)24)27-33-34-28(40-27)39-14-23(37)32-19-12-16(29)10-11-22(19)38-2/h3-4,6-7,10-12,24H,5,8-9,14,31H2,1-2H3,(H,32,37). The van der Waals surface area contributed by atoms with Crippen LogP contribution in [0.25, 0.3) is 0 Å². The van der Waals surface area contributed by atoms with Crippen molar-refractivity contribution in [1.29, 1.82) is 5.26 Å². The van der Waals surface area contributed by atoms with Crippen LogP contribution in [0.4, 0.5) is 10.8 Å². The summed E-state index contributed by atoms with van der Waals surface area (Å²) in [5.41, 5.74) is 10.6. The number of nitriles is 1. The summed E-state index contributed by atoms with van der Waals surface area (Å²) in [4.78, 5) is 27.6. The molecule has 0 fully saturated rings. The van der Waals surface area contributed by atoms with Crippen molar-refractivity contribution in [2.75, 3.05) is 23.1 Å². The second kappa shape index (κ2) is 11.7. The van der Waals surface area contributed by atoms with Gasteiger partial charge in [0.1, 0.15) is 11.6 Å². The number of Topliss-reactive ketones (excluding diaryl/α,β-unsaturated/α-hetero) is 1. The summed E-state index contributed by atoms with van der Waals surface area (Å²) in [6, 6.07) is 15.0. The normalized spacial score (nSPS) is 17.0. The minimum Gasteiger partial charge on any atom is -0.495 e. The number of nitrogens with one attached hydrogen (secondary N) is 1. The maximum absolute atomic E-state index is 13.3. The van der Waals surface area contributed by atoms with Gasteiger partial charge in [0.15, 0.2) is 10.1 Å². The molecule has 2 aromatic carbocycles. The lowest BCUT2D eigenvalue weighted by molar-refractivity contribution is -0.116. The van der Waals surface area contributed by atoms with Gasteiger partial charge in [0, 0.05) is 22.7 Å². The number of halogens is 1. The summed E-state index contributed by atoms with van der Waals surface area (Å²) >= 11 is 8.51. The third-order valence-corrected chi connectivity index (χ3v) is 9.04. The van der Waals surface area contributed by atoms with E-state index in [9.17, 15) is 14.9 Å². The molecule has 2 aliphatic rings. The van der Waals surface area contributed by atoms with E-state index >= 15 is 0 Å². The monoisotopic (exact) mass is 592 g/mol. The molecule has 0 spiro atoms. The van der Waals surface area contributed by atoms with E-state index in [0.29, 0.717) is 56.3 Å². The molecule has 5 rings (SSSR count). The maximum Gasteiger partial charge on any atom is 0.234 e. The van der Waals surface area contributed by atoms with E-state index in [1.54, 1.807) is 23.1 Å². The number of hydrogen-bond donors (Lipinski definition) is 2. The number of allylic oxidation sites excluding steroid dienone is 3. The van der Waals surface area contributed by atoms with Crippen LogP contribution in [0.15, 0.2) is 69.5 Å². The zero-order valence-corrected chi connectivity index (χ0v) is 24.1. The second-order valence-corrected chi connectivity index (χ2v) is 11.8. The number of hydrogen-bond acceptors (Lipinski definition) is 10. The minimum absolute atomic E-state index is 0.00646. The number of ether oxygens (including phenoxy) is 1. The number of ketones is 1. The summed E-state index contributed by atoms with van der Waals surface area (Å²) in [6.45, 7) is 1.97. The summed E-state index contributed by atoms with van der Waals surface area (Å²) in [7, 11) is 1.51. The predicted molar refractivity (Wildman–Crippen MR) is 156 cm³/mol. The van der Waals surface area contributed by atoms with Gasteiger partial charge >= 0.3 is 0 Å². The summed E-state index contributed by atoms with van der Waals surface area (Å²) in [5.74, 6) is 0.0157. The Hall–Kier alpha value is -3.85. The number of nitrogens with two attached hydrogens (primary N) is 1. The molecule has 2 heterocycles. The molecular weight excluding hydrogens is 568 g/mol. The van der Waals surface area contributed by atoms with Crippen molar-refractivity contribution >= 4 is 57.2 Å². The SMILES string of the molecule is COc1ccc(Cl)cc1NC(=O)CSc1nnc(N2C(N)=C(C#N)C(c3ccccc3C)C3=C2CCCC3=O)s1. The number of aromatic nitrogens is 2. The zero-order valence-electron chi connectivity index (χ0n) is 21.7. The molecular formula is C28H25ClN6O3S2. The van der Waals surface area contributed by atoms with E-state index in [1.807, 2.05) is 31.2 Å². The number of benzene rings is 2. The molecule has 1 atom stereocenters. The van der Waals surface area contributed by atoms with Crippen LogP contribution in [0, 0.1) is 18.3 Å². The molecule has 0 bridgehead atoms. The van der Waals surface area contributed by atoms with Crippen LogP contribution in [0.2, 0.25) is 5.02 Å². The van der Waals surface area contributed by atoms with Crippen molar-refractivity contribution in [3.8, 4) is 11.8 Å². The van der Waals surface area contributed by atoms with Crippen molar-refractivity contribution < 1.29 is 14.3 Å². The molecule has 9 nitrogen and oxygen atoms in total. The van der Waals surface area contributed by atoms with E-state index in [4.69, 9.17) is 22.1 Å². The van der Waals surface area contributed by atoms with Gasteiger partial charge in [0.25, 0.3) is 0 Å². The molecule has 1 unspecified atom stereocenters. The van der Waals surface area contributed by atoms with Crippen LogP contribution in [0.5, 0.6) is 5.75 Å². The van der Waals surface area contributed by atoms with E-state index in [0.717, 1.165) is 16.8 Å².